The number of amides is 3. The number of hydrogen-bond donors (Lipinski definition) is 1. The number of piperidine rings is 1. The van der Waals surface area contributed by atoms with Crippen LogP contribution in [0.2, 0.25) is 0 Å². The lowest BCUT2D eigenvalue weighted by Crippen LogP contribution is -2.58. The molecular weight excluding hydrogens is 376 g/mol. The number of nitrogens with zero attached hydrogens (tertiary/aromatic N) is 5. The van der Waals surface area contributed by atoms with Crippen LogP contribution in [-0.4, -0.2) is 81.8 Å². The SMILES string of the molecule is CN1C(=O)C(N2CCC(Nc3ncc(Br)cn3)CC2)C=[N+](C)C1=O. The third-order valence-electron chi connectivity index (χ3n) is 4.41. The van der Waals surface area contributed by atoms with Gasteiger partial charge in [-0.25, -0.2) is 19.3 Å². The maximum Gasteiger partial charge on any atom is 0.500 e. The number of imide groups is 1. The topological polar surface area (TPSA) is 81.4 Å². The number of carbonyl (C=O) groups is 2. The third-order valence-corrected chi connectivity index (χ3v) is 4.82. The zero-order valence-electron chi connectivity index (χ0n) is 13.6. The summed E-state index contributed by atoms with van der Waals surface area (Å²) < 4.78 is 2.32. The number of likely N-dealkylation sites (tertiary alicyclic amines) is 1. The molecule has 1 unspecified atom stereocenters. The predicted octanol–water partition coefficient (Wildman–Crippen LogP) is 0.789. The van der Waals surface area contributed by atoms with Crippen molar-refractivity contribution in [3.63, 3.8) is 0 Å². The van der Waals surface area contributed by atoms with Gasteiger partial charge in [-0.1, -0.05) is 0 Å². The van der Waals surface area contributed by atoms with Crippen molar-refractivity contribution in [1.29, 1.82) is 0 Å². The van der Waals surface area contributed by atoms with Gasteiger partial charge in [0.2, 0.25) is 5.95 Å². The molecular formula is C15H20BrN6O2+. The average molecular weight is 396 g/mol. The Kier molecular flexibility index (Phi) is 4.91. The van der Waals surface area contributed by atoms with Gasteiger partial charge in [-0.05, 0) is 28.8 Å². The number of hydrogen-bond acceptors (Lipinski definition) is 6. The van der Waals surface area contributed by atoms with Gasteiger partial charge >= 0.3 is 11.9 Å². The second-order valence-corrected chi connectivity index (χ2v) is 6.98. The van der Waals surface area contributed by atoms with Gasteiger partial charge in [0.25, 0.3) is 0 Å². The van der Waals surface area contributed by atoms with Crippen LogP contribution in [0.25, 0.3) is 0 Å². The van der Waals surface area contributed by atoms with E-state index in [2.05, 4.69) is 36.1 Å². The lowest BCUT2D eigenvalue weighted by molar-refractivity contribution is -0.401. The summed E-state index contributed by atoms with van der Waals surface area (Å²) in [6.45, 7) is 1.55. The highest BCUT2D eigenvalue weighted by Crippen LogP contribution is 2.18. The van der Waals surface area contributed by atoms with Crippen LogP contribution in [0.4, 0.5) is 10.7 Å². The van der Waals surface area contributed by atoms with Gasteiger partial charge in [0.15, 0.2) is 6.04 Å². The molecule has 3 heterocycles. The van der Waals surface area contributed by atoms with E-state index < -0.39 is 0 Å². The molecule has 8 nitrogen and oxygen atoms in total. The molecule has 3 rings (SSSR count). The second kappa shape index (κ2) is 6.94. The van der Waals surface area contributed by atoms with E-state index in [1.807, 2.05) is 0 Å². The molecule has 0 aromatic carbocycles. The van der Waals surface area contributed by atoms with E-state index in [0.717, 1.165) is 30.4 Å². The Morgan fingerprint density at radius 3 is 2.50 bits per heavy atom. The molecule has 0 bridgehead atoms. The third kappa shape index (κ3) is 3.46. The van der Waals surface area contributed by atoms with Crippen LogP contribution in [0.15, 0.2) is 16.9 Å². The molecule has 3 amide bonds. The lowest BCUT2D eigenvalue weighted by Gasteiger charge is -2.36. The van der Waals surface area contributed by atoms with E-state index in [-0.39, 0.29) is 24.0 Å². The molecule has 0 spiro atoms. The Bertz CT molecular complexity index is 669. The van der Waals surface area contributed by atoms with E-state index in [9.17, 15) is 9.59 Å². The molecule has 1 N–H and O–H groups in total. The number of urea groups is 1. The molecule has 1 atom stereocenters. The van der Waals surface area contributed by atoms with Crippen LogP contribution in [0.5, 0.6) is 0 Å². The van der Waals surface area contributed by atoms with E-state index >= 15 is 0 Å². The molecule has 0 radical (unpaired) electrons. The minimum atomic E-state index is -0.373. The Labute approximate surface area is 148 Å². The first-order valence-corrected chi connectivity index (χ1v) is 8.62. The Balaban J connectivity index is 1.60. The second-order valence-electron chi connectivity index (χ2n) is 6.06. The molecule has 0 aliphatic carbocycles. The summed E-state index contributed by atoms with van der Waals surface area (Å²) in [5.41, 5.74) is 0. The van der Waals surface area contributed by atoms with Gasteiger partial charge in [0.05, 0.1) is 18.6 Å². The van der Waals surface area contributed by atoms with Crippen molar-refractivity contribution in [3.8, 4) is 0 Å². The maximum atomic E-state index is 12.4. The van der Waals surface area contributed by atoms with Crippen molar-refractivity contribution in [1.82, 2.24) is 19.8 Å². The van der Waals surface area contributed by atoms with E-state index in [4.69, 9.17) is 0 Å². The van der Waals surface area contributed by atoms with Crippen LogP contribution in [0.3, 0.4) is 0 Å². The largest absolute Gasteiger partial charge is 0.500 e. The molecule has 9 heteroatoms. The zero-order valence-corrected chi connectivity index (χ0v) is 15.2. The van der Waals surface area contributed by atoms with Gasteiger partial charge in [-0.2, -0.15) is 9.69 Å². The number of aromatic nitrogens is 2. The molecule has 1 fully saturated rings. The van der Waals surface area contributed by atoms with Gasteiger partial charge in [-0.15, -0.1) is 0 Å². The maximum absolute atomic E-state index is 12.4. The first kappa shape index (κ1) is 17.0. The summed E-state index contributed by atoms with van der Waals surface area (Å²) in [6.07, 6.45) is 6.90. The standard InChI is InChI=1S/C15H20BrN6O2/c1-20-9-12(13(23)21(2)15(20)24)22-5-3-11(4-6-22)19-14-17-7-10(16)8-18-14/h7-9,11-12H,3-6H2,1-2H3,(H,17,18,19)/q+1. The van der Waals surface area contributed by atoms with Crippen molar-refractivity contribution in [2.24, 2.45) is 0 Å². The van der Waals surface area contributed by atoms with Crippen molar-refractivity contribution >= 4 is 40.0 Å². The van der Waals surface area contributed by atoms with Crippen molar-refractivity contribution in [3.05, 3.63) is 16.9 Å². The number of likely N-dealkylation sites (N-methyl/N-ethyl adjacent to an activating group) is 1. The normalized spacial score (nSPS) is 23.4. The van der Waals surface area contributed by atoms with Crippen LogP contribution < -0.4 is 5.32 Å². The molecule has 128 valence electrons. The van der Waals surface area contributed by atoms with Crippen LogP contribution in [0, 0.1) is 0 Å². The fourth-order valence-corrected chi connectivity index (χ4v) is 3.22. The average Bonchev–Trinajstić information content (AvgIpc) is 2.59. The summed E-state index contributed by atoms with van der Waals surface area (Å²) >= 11 is 3.32. The smallest absolute Gasteiger partial charge is 0.351 e. The zero-order chi connectivity index (χ0) is 17.3. The van der Waals surface area contributed by atoms with Crippen molar-refractivity contribution in [2.75, 3.05) is 32.5 Å². The summed E-state index contributed by atoms with van der Waals surface area (Å²) in [5, 5.41) is 3.33. The minimum Gasteiger partial charge on any atom is -0.351 e. The van der Waals surface area contributed by atoms with Gasteiger partial charge in [0.1, 0.15) is 6.21 Å². The number of anilines is 1. The Morgan fingerprint density at radius 1 is 1.25 bits per heavy atom. The number of carbonyl (C=O) groups excluding carboxylic acids is 2. The highest BCUT2D eigenvalue weighted by Gasteiger charge is 2.42. The summed E-state index contributed by atoms with van der Waals surface area (Å²) in [6, 6.07) is -0.388. The number of rotatable bonds is 3. The molecule has 2 aliphatic rings. The Hall–Kier alpha value is -1.87. The quantitative estimate of drug-likeness (QED) is 0.761. The van der Waals surface area contributed by atoms with E-state index in [1.165, 1.54) is 16.5 Å². The molecule has 1 aromatic rings. The predicted molar refractivity (Wildman–Crippen MR) is 92.2 cm³/mol. The lowest BCUT2D eigenvalue weighted by atomic mass is 10.0. The van der Waals surface area contributed by atoms with E-state index in [0.29, 0.717) is 5.95 Å². The minimum absolute atomic E-state index is 0.166. The van der Waals surface area contributed by atoms with Crippen LogP contribution >= 0.6 is 15.9 Å². The van der Waals surface area contributed by atoms with Crippen LogP contribution in [0.1, 0.15) is 12.8 Å². The first-order valence-electron chi connectivity index (χ1n) is 7.83. The first-order chi connectivity index (χ1) is 11.5. The summed E-state index contributed by atoms with van der Waals surface area (Å²) in [7, 11) is 3.21. The highest BCUT2D eigenvalue weighted by molar-refractivity contribution is 9.10. The van der Waals surface area contributed by atoms with Crippen molar-refractivity contribution in [2.45, 2.75) is 24.9 Å². The number of nitrogens with one attached hydrogen (secondary N) is 1. The van der Waals surface area contributed by atoms with Crippen molar-refractivity contribution < 1.29 is 14.2 Å². The molecule has 1 aromatic heterocycles. The monoisotopic (exact) mass is 395 g/mol. The fourth-order valence-electron chi connectivity index (χ4n) is 3.01. The highest BCUT2D eigenvalue weighted by atomic mass is 79.9. The molecule has 1 saturated heterocycles. The molecule has 2 aliphatic heterocycles. The number of halogens is 1. The Morgan fingerprint density at radius 2 is 1.88 bits per heavy atom. The summed E-state index contributed by atoms with van der Waals surface area (Å²) in [5.74, 6) is 0.447. The van der Waals surface area contributed by atoms with Crippen LogP contribution in [-0.2, 0) is 4.79 Å². The summed E-state index contributed by atoms with van der Waals surface area (Å²) in [4.78, 5) is 35.9. The molecule has 24 heavy (non-hydrogen) atoms. The van der Waals surface area contributed by atoms with E-state index in [1.54, 1.807) is 25.7 Å². The van der Waals surface area contributed by atoms with Gasteiger partial charge < -0.3 is 5.32 Å². The van der Waals surface area contributed by atoms with Gasteiger partial charge in [-0.3, -0.25) is 4.90 Å². The fraction of sp³-hybridized carbons (Fsp3) is 0.533. The van der Waals surface area contributed by atoms with Gasteiger partial charge in [0, 0.05) is 31.5 Å². The molecule has 0 saturated carbocycles.